The fourth-order valence-electron chi connectivity index (χ4n) is 3.96. The van der Waals surface area contributed by atoms with Crippen molar-refractivity contribution in [2.24, 2.45) is 0 Å². The Morgan fingerprint density at radius 1 is 0.700 bits per heavy atom. The number of hydrogen-bond acceptors (Lipinski definition) is 2. The largest absolute Gasteiger partial charge is 0.384 e. The molecule has 0 spiro atoms. The van der Waals surface area contributed by atoms with E-state index in [-0.39, 0.29) is 10.8 Å². The number of benzene rings is 2. The summed E-state index contributed by atoms with van der Waals surface area (Å²) in [5.41, 5.74) is 5.65. The first kappa shape index (κ1) is 11.8. The number of fused-ring (bicyclic) bond motifs is 5. The second kappa shape index (κ2) is 3.78. The Balaban J connectivity index is 1.97. The summed E-state index contributed by atoms with van der Waals surface area (Å²) in [5.74, 6) is 0. The van der Waals surface area contributed by atoms with Gasteiger partial charge in [0.25, 0.3) is 0 Å². The minimum absolute atomic E-state index is 0.114. The normalized spacial score (nSPS) is 30.3. The maximum absolute atomic E-state index is 3.64. The highest BCUT2D eigenvalue weighted by molar-refractivity contribution is 5.68. The molecular formula is C18H20N2. The Morgan fingerprint density at radius 2 is 1.10 bits per heavy atom. The zero-order chi connectivity index (χ0) is 13.8. The van der Waals surface area contributed by atoms with Gasteiger partial charge in [0.2, 0.25) is 0 Å². The van der Waals surface area contributed by atoms with Gasteiger partial charge in [0.05, 0.1) is 0 Å². The van der Waals surface area contributed by atoms with Crippen molar-refractivity contribution in [2.75, 3.05) is 23.7 Å². The van der Waals surface area contributed by atoms with E-state index >= 15 is 0 Å². The van der Waals surface area contributed by atoms with Crippen molar-refractivity contribution in [3.63, 3.8) is 0 Å². The van der Waals surface area contributed by atoms with Crippen molar-refractivity contribution >= 4 is 11.4 Å². The highest BCUT2D eigenvalue weighted by atomic mass is 15.0. The molecule has 0 aliphatic carbocycles. The number of para-hydroxylation sites is 2. The van der Waals surface area contributed by atoms with Crippen LogP contribution in [0.15, 0.2) is 48.5 Å². The highest BCUT2D eigenvalue weighted by Crippen LogP contribution is 2.53. The van der Waals surface area contributed by atoms with Crippen molar-refractivity contribution < 1.29 is 0 Å². The van der Waals surface area contributed by atoms with Crippen LogP contribution in [0.3, 0.4) is 0 Å². The Hall–Kier alpha value is -1.96. The molecule has 2 aromatic carbocycles. The maximum Gasteiger partial charge on any atom is 0.0379 e. The van der Waals surface area contributed by atoms with Crippen LogP contribution >= 0.6 is 0 Å². The van der Waals surface area contributed by atoms with Crippen LogP contribution in [0.5, 0.6) is 0 Å². The van der Waals surface area contributed by atoms with Gasteiger partial charge >= 0.3 is 0 Å². The molecule has 4 rings (SSSR count). The predicted octanol–water partition coefficient (Wildman–Crippen LogP) is 3.75. The van der Waals surface area contributed by atoms with Gasteiger partial charge in [-0.25, -0.2) is 0 Å². The monoisotopic (exact) mass is 264 g/mol. The van der Waals surface area contributed by atoms with Gasteiger partial charge in [0.15, 0.2) is 0 Å². The average molecular weight is 264 g/mol. The zero-order valence-corrected chi connectivity index (χ0v) is 12.0. The standard InChI is InChI=1S/C18H20N2/c1-17-11-19-16-10-6-4-8-14(16)18(17,2)12-20-15-9-5-3-7-13(15)17/h3-10,19-20H,11-12H2,1-2H3/t17-,18-/m1/s1. The van der Waals surface area contributed by atoms with Crippen LogP contribution in [0.2, 0.25) is 0 Å². The molecule has 2 aliphatic heterocycles. The lowest BCUT2D eigenvalue weighted by Crippen LogP contribution is -2.58. The summed E-state index contributed by atoms with van der Waals surface area (Å²) in [6, 6.07) is 17.5. The number of nitrogens with one attached hydrogen (secondary N) is 2. The topological polar surface area (TPSA) is 24.1 Å². The first-order valence-electron chi connectivity index (χ1n) is 7.32. The Labute approximate surface area is 120 Å². The van der Waals surface area contributed by atoms with Gasteiger partial charge in [0.1, 0.15) is 0 Å². The molecule has 0 unspecified atom stereocenters. The minimum Gasteiger partial charge on any atom is -0.384 e. The number of hydrogen-bond donors (Lipinski definition) is 2. The zero-order valence-electron chi connectivity index (χ0n) is 12.0. The lowest BCUT2D eigenvalue weighted by atomic mass is 9.55. The molecule has 2 N–H and O–H groups in total. The molecule has 0 radical (unpaired) electrons. The van der Waals surface area contributed by atoms with Crippen LogP contribution in [0, 0.1) is 0 Å². The first-order chi connectivity index (χ1) is 9.65. The van der Waals surface area contributed by atoms with Crippen LogP contribution in [0.4, 0.5) is 11.4 Å². The van der Waals surface area contributed by atoms with Gasteiger partial charge in [-0.1, -0.05) is 50.2 Å². The van der Waals surface area contributed by atoms with E-state index in [4.69, 9.17) is 0 Å². The third-order valence-corrected chi connectivity index (χ3v) is 5.53. The van der Waals surface area contributed by atoms with Crippen LogP contribution in [0.25, 0.3) is 0 Å². The van der Waals surface area contributed by atoms with Crippen molar-refractivity contribution in [2.45, 2.75) is 24.7 Å². The van der Waals surface area contributed by atoms with Crippen LogP contribution in [-0.4, -0.2) is 13.1 Å². The summed E-state index contributed by atoms with van der Waals surface area (Å²) in [7, 11) is 0. The summed E-state index contributed by atoms with van der Waals surface area (Å²) >= 11 is 0. The van der Waals surface area contributed by atoms with E-state index in [1.807, 2.05) is 0 Å². The minimum atomic E-state index is 0.114. The van der Waals surface area contributed by atoms with Crippen LogP contribution in [0.1, 0.15) is 25.0 Å². The van der Waals surface area contributed by atoms with Gasteiger partial charge < -0.3 is 10.6 Å². The van der Waals surface area contributed by atoms with Gasteiger partial charge in [-0.15, -0.1) is 0 Å². The molecule has 2 atom stereocenters. The Bertz CT molecular complexity index is 619. The lowest BCUT2D eigenvalue weighted by Gasteiger charge is -2.55. The second-order valence-electron chi connectivity index (χ2n) is 6.46. The van der Waals surface area contributed by atoms with Crippen LogP contribution < -0.4 is 10.6 Å². The SMILES string of the molecule is C[C@]12CNc3ccccc3[C@@]1(C)CNc1ccccc12. The maximum atomic E-state index is 3.64. The van der Waals surface area contributed by atoms with Gasteiger partial charge in [-0.2, -0.15) is 0 Å². The van der Waals surface area contributed by atoms with E-state index in [0.717, 1.165) is 13.1 Å². The number of rotatable bonds is 0. The molecule has 0 saturated carbocycles. The van der Waals surface area contributed by atoms with Gasteiger partial charge in [-0.05, 0) is 23.3 Å². The molecule has 20 heavy (non-hydrogen) atoms. The summed E-state index contributed by atoms with van der Waals surface area (Å²) < 4.78 is 0. The molecule has 2 nitrogen and oxygen atoms in total. The average Bonchev–Trinajstić information content (AvgIpc) is 2.49. The molecular weight excluding hydrogens is 244 g/mol. The Morgan fingerprint density at radius 3 is 1.55 bits per heavy atom. The molecule has 0 amide bonds. The van der Waals surface area contributed by atoms with Crippen molar-refractivity contribution in [3.05, 3.63) is 59.7 Å². The first-order valence-corrected chi connectivity index (χ1v) is 7.32. The molecule has 2 aliphatic rings. The third kappa shape index (κ3) is 1.29. The van der Waals surface area contributed by atoms with E-state index in [1.165, 1.54) is 22.5 Å². The summed E-state index contributed by atoms with van der Waals surface area (Å²) in [5, 5.41) is 7.28. The second-order valence-corrected chi connectivity index (χ2v) is 6.46. The molecule has 0 saturated heterocycles. The number of anilines is 2. The summed E-state index contributed by atoms with van der Waals surface area (Å²) in [4.78, 5) is 0. The quantitative estimate of drug-likeness (QED) is 0.757. The molecule has 2 aromatic rings. The van der Waals surface area contributed by atoms with E-state index < -0.39 is 0 Å². The van der Waals surface area contributed by atoms with Crippen molar-refractivity contribution in [1.29, 1.82) is 0 Å². The Kier molecular flexibility index (Phi) is 2.24. The van der Waals surface area contributed by atoms with Gasteiger partial charge in [-0.3, -0.25) is 0 Å². The van der Waals surface area contributed by atoms with E-state index in [2.05, 4.69) is 73.0 Å². The molecule has 0 aromatic heterocycles. The molecule has 0 fully saturated rings. The smallest absolute Gasteiger partial charge is 0.0379 e. The summed E-state index contributed by atoms with van der Waals surface area (Å²) in [6.45, 7) is 6.77. The molecule has 2 heteroatoms. The third-order valence-electron chi connectivity index (χ3n) is 5.53. The lowest BCUT2D eigenvalue weighted by molar-refractivity contribution is 0.262. The van der Waals surface area contributed by atoms with E-state index in [1.54, 1.807) is 0 Å². The van der Waals surface area contributed by atoms with Crippen molar-refractivity contribution in [3.8, 4) is 0 Å². The van der Waals surface area contributed by atoms with E-state index in [0.29, 0.717) is 0 Å². The molecule has 2 heterocycles. The molecule has 102 valence electrons. The highest BCUT2D eigenvalue weighted by Gasteiger charge is 2.53. The van der Waals surface area contributed by atoms with E-state index in [9.17, 15) is 0 Å². The fraction of sp³-hybridized carbons (Fsp3) is 0.333. The van der Waals surface area contributed by atoms with Crippen LogP contribution in [-0.2, 0) is 10.8 Å². The summed E-state index contributed by atoms with van der Waals surface area (Å²) in [6.07, 6.45) is 0. The van der Waals surface area contributed by atoms with Gasteiger partial charge in [0, 0.05) is 35.3 Å². The molecule has 0 bridgehead atoms. The fourth-order valence-corrected chi connectivity index (χ4v) is 3.96. The predicted molar refractivity (Wildman–Crippen MR) is 84.6 cm³/mol. The van der Waals surface area contributed by atoms with Crippen molar-refractivity contribution in [1.82, 2.24) is 0 Å².